The van der Waals surface area contributed by atoms with E-state index in [9.17, 15) is 4.79 Å². The van der Waals surface area contributed by atoms with Gasteiger partial charge in [-0.3, -0.25) is 4.79 Å². The molecule has 0 saturated carbocycles. The first-order valence-corrected chi connectivity index (χ1v) is 5.82. The van der Waals surface area contributed by atoms with Crippen LogP contribution in [-0.2, 0) is 6.54 Å². The number of anilines is 1. The first-order valence-electron chi connectivity index (χ1n) is 5.44. The van der Waals surface area contributed by atoms with Gasteiger partial charge in [0.1, 0.15) is 0 Å². The first-order chi connectivity index (χ1) is 7.74. The SMILES string of the molecule is CCCCn1c2c(nc(Cl)c1=O)NCC=C2. The number of aromatic nitrogens is 2. The predicted octanol–water partition coefficient (Wildman–Crippen LogP) is 2.14. The van der Waals surface area contributed by atoms with Gasteiger partial charge in [0.25, 0.3) is 5.56 Å². The molecule has 0 bridgehead atoms. The van der Waals surface area contributed by atoms with Gasteiger partial charge < -0.3 is 9.88 Å². The summed E-state index contributed by atoms with van der Waals surface area (Å²) in [6.45, 7) is 3.50. The minimum atomic E-state index is -0.206. The lowest BCUT2D eigenvalue weighted by Gasteiger charge is -2.17. The molecule has 1 aliphatic heterocycles. The number of nitrogens with zero attached hydrogens (tertiary/aromatic N) is 2. The molecule has 1 N–H and O–H groups in total. The molecule has 16 heavy (non-hydrogen) atoms. The van der Waals surface area contributed by atoms with Crippen LogP contribution >= 0.6 is 11.6 Å². The van der Waals surface area contributed by atoms with Crippen LogP contribution in [0.25, 0.3) is 6.08 Å². The summed E-state index contributed by atoms with van der Waals surface area (Å²) in [4.78, 5) is 15.9. The molecule has 1 aliphatic rings. The molecule has 5 heteroatoms. The average Bonchev–Trinajstić information content (AvgIpc) is 2.30. The van der Waals surface area contributed by atoms with E-state index < -0.39 is 0 Å². The van der Waals surface area contributed by atoms with Gasteiger partial charge in [0.05, 0.1) is 5.69 Å². The van der Waals surface area contributed by atoms with Gasteiger partial charge in [-0.25, -0.2) is 4.98 Å². The summed E-state index contributed by atoms with van der Waals surface area (Å²) in [6, 6.07) is 0. The Balaban J connectivity index is 2.52. The highest BCUT2D eigenvalue weighted by Gasteiger charge is 2.14. The van der Waals surface area contributed by atoms with Gasteiger partial charge in [-0.1, -0.05) is 31.0 Å². The van der Waals surface area contributed by atoms with Crippen molar-refractivity contribution in [3.8, 4) is 0 Å². The smallest absolute Gasteiger partial charge is 0.288 e. The summed E-state index contributed by atoms with van der Waals surface area (Å²) in [5.74, 6) is 0.697. The van der Waals surface area contributed by atoms with Crippen molar-refractivity contribution in [3.05, 3.63) is 27.3 Å². The maximum Gasteiger partial charge on any atom is 0.288 e. The van der Waals surface area contributed by atoms with Gasteiger partial charge in [-0.15, -0.1) is 0 Å². The molecule has 0 unspecified atom stereocenters. The predicted molar refractivity (Wildman–Crippen MR) is 65.9 cm³/mol. The second kappa shape index (κ2) is 4.70. The molecular weight excluding hydrogens is 226 g/mol. The number of rotatable bonds is 3. The molecule has 1 aromatic heterocycles. The van der Waals surface area contributed by atoms with E-state index >= 15 is 0 Å². The van der Waals surface area contributed by atoms with Crippen LogP contribution in [0.3, 0.4) is 0 Å². The quantitative estimate of drug-likeness (QED) is 0.879. The number of hydrogen-bond acceptors (Lipinski definition) is 3. The molecule has 1 aromatic rings. The fourth-order valence-electron chi connectivity index (χ4n) is 1.72. The van der Waals surface area contributed by atoms with E-state index in [1.54, 1.807) is 4.57 Å². The van der Waals surface area contributed by atoms with Crippen LogP contribution in [0.2, 0.25) is 5.15 Å². The fourth-order valence-corrected chi connectivity index (χ4v) is 1.90. The zero-order valence-corrected chi connectivity index (χ0v) is 9.92. The van der Waals surface area contributed by atoms with Crippen molar-refractivity contribution in [1.29, 1.82) is 0 Å². The van der Waals surface area contributed by atoms with Crippen LogP contribution < -0.4 is 10.9 Å². The third kappa shape index (κ3) is 1.97. The summed E-state index contributed by atoms with van der Waals surface area (Å²) >= 11 is 5.82. The lowest BCUT2D eigenvalue weighted by molar-refractivity contribution is 0.605. The van der Waals surface area contributed by atoms with Crippen molar-refractivity contribution in [2.45, 2.75) is 26.3 Å². The van der Waals surface area contributed by atoms with Crippen LogP contribution in [0, 0.1) is 0 Å². The molecule has 0 fully saturated rings. The highest BCUT2D eigenvalue weighted by atomic mass is 35.5. The molecule has 0 spiro atoms. The lowest BCUT2D eigenvalue weighted by Crippen LogP contribution is -2.27. The molecule has 0 saturated heterocycles. The van der Waals surface area contributed by atoms with Crippen LogP contribution in [0.15, 0.2) is 10.9 Å². The third-order valence-corrected chi connectivity index (χ3v) is 2.81. The summed E-state index contributed by atoms with van der Waals surface area (Å²) < 4.78 is 1.69. The van der Waals surface area contributed by atoms with Crippen molar-refractivity contribution in [2.75, 3.05) is 11.9 Å². The zero-order chi connectivity index (χ0) is 11.5. The second-order valence-corrected chi connectivity index (χ2v) is 4.09. The van der Waals surface area contributed by atoms with Crippen LogP contribution in [-0.4, -0.2) is 16.1 Å². The molecule has 86 valence electrons. The minimum Gasteiger partial charge on any atom is -0.365 e. The minimum absolute atomic E-state index is 0.0395. The highest BCUT2D eigenvalue weighted by Crippen LogP contribution is 2.18. The van der Waals surface area contributed by atoms with E-state index in [2.05, 4.69) is 17.2 Å². The van der Waals surface area contributed by atoms with Crippen LogP contribution in [0.4, 0.5) is 5.82 Å². The van der Waals surface area contributed by atoms with E-state index in [1.165, 1.54) is 0 Å². The van der Waals surface area contributed by atoms with Gasteiger partial charge in [0.2, 0.25) is 0 Å². The Morgan fingerprint density at radius 3 is 3.19 bits per heavy atom. The Morgan fingerprint density at radius 2 is 2.44 bits per heavy atom. The van der Waals surface area contributed by atoms with E-state index in [0.717, 1.165) is 25.1 Å². The Hall–Kier alpha value is -1.29. The molecule has 4 nitrogen and oxygen atoms in total. The van der Waals surface area contributed by atoms with Gasteiger partial charge in [0.15, 0.2) is 11.0 Å². The van der Waals surface area contributed by atoms with E-state index in [-0.39, 0.29) is 10.7 Å². The monoisotopic (exact) mass is 239 g/mol. The maximum atomic E-state index is 11.9. The standard InChI is InChI=1S/C11H14ClN3O/c1-2-3-7-15-8-5-4-6-13-10(8)14-9(12)11(15)16/h4-5,13H,2-3,6-7H2,1H3. The van der Waals surface area contributed by atoms with Crippen molar-refractivity contribution >= 4 is 23.5 Å². The van der Waals surface area contributed by atoms with E-state index in [1.807, 2.05) is 12.2 Å². The van der Waals surface area contributed by atoms with Crippen molar-refractivity contribution in [3.63, 3.8) is 0 Å². The van der Waals surface area contributed by atoms with Crippen LogP contribution in [0.5, 0.6) is 0 Å². The van der Waals surface area contributed by atoms with Crippen molar-refractivity contribution < 1.29 is 0 Å². The molecule has 0 aromatic carbocycles. The number of nitrogens with one attached hydrogen (secondary N) is 1. The topological polar surface area (TPSA) is 46.9 Å². The summed E-state index contributed by atoms with van der Waals surface area (Å²) in [7, 11) is 0. The van der Waals surface area contributed by atoms with Crippen molar-refractivity contribution in [2.24, 2.45) is 0 Å². The second-order valence-electron chi connectivity index (χ2n) is 3.73. The van der Waals surface area contributed by atoms with E-state index in [0.29, 0.717) is 12.4 Å². The summed E-state index contributed by atoms with van der Waals surface area (Å²) in [5.41, 5.74) is 0.622. The number of unbranched alkanes of at least 4 members (excludes halogenated alkanes) is 1. The number of hydrogen-bond donors (Lipinski definition) is 1. The molecule has 0 aliphatic carbocycles. The Kier molecular flexibility index (Phi) is 3.29. The van der Waals surface area contributed by atoms with Crippen LogP contribution in [0.1, 0.15) is 25.5 Å². The maximum absolute atomic E-state index is 11.9. The number of fused-ring (bicyclic) bond motifs is 1. The largest absolute Gasteiger partial charge is 0.365 e. The van der Waals surface area contributed by atoms with Gasteiger partial charge in [-0.2, -0.15) is 0 Å². The molecule has 2 rings (SSSR count). The van der Waals surface area contributed by atoms with Gasteiger partial charge in [-0.05, 0) is 12.5 Å². The van der Waals surface area contributed by atoms with Crippen molar-refractivity contribution in [1.82, 2.24) is 9.55 Å². The fraction of sp³-hybridized carbons (Fsp3) is 0.455. The third-order valence-electron chi connectivity index (χ3n) is 2.56. The average molecular weight is 240 g/mol. The molecule has 0 radical (unpaired) electrons. The zero-order valence-electron chi connectivity index (χ0n) is 9.16. The molecule has 0 amide bonds. The Bertz CT molecular complexity index is 479. The van der Waals surface area contributed by atoms with Gasteiger partial charge in [0, 0.05) is 13.1 Å². The highest BCUT2D eigenvalue weighted by molar-refractivity contribution is 6.29. The van der Waals surface area contributed by atoms with Gasteiger partial charge >= 0.3 is 0 Å². The lowest BCUT2D eigenvalue weighted by atomic mass is 10.2. The normalized spacial score (nSPS) is 13.4. The van der Waals surface area contributed by atoms with E-state index in [4.69, 9.17) is 11.6 Å². The Labute approximate surface area is 99.0 Å². The number of halogens is 1. The molecule has 2 heterocycles. The Morgan fingerprint density at radius 1 is 1.62 bits per heavy atom. The summed E-state index contributed by atoms with van der Waals surface area (Å²) in [6.07, 6.45) is 5.89. The summed E-state index contributed by atoms with van der Waals surface area (Å²) in [5, 5.41) is 3.14. The first kappa shape index (κ1) is 11.2. The molecule has 0 atom stereocenters. The molecular formula is C11H14ClN3O.